The van der Waals surface area contributed by atoms with Crippen LogP contribution >= 0.6 is 0 Å². The molecule has 0 radical (unpaired) electrons. The first-order valence-electron chi connectivity index (χ1n) is 10.4. The van der Waals surface area contributed by atoms with Crippen molar-refractivity contribution in [2.24, 2.45) is 11.8 Å². The summed E-state index contributed by atoms with van der Waals surface area (Å²) >= 11 is 0. The minimum atomic E-state index is -1.07. The highest BCUT2D eigenvalue weighted by Crippen LogP contribution is 2.46. The molecule has 0 saturated heterocycles. The molecular formula is C22H28O7. The lowest BCUT2D eigenvalue weighted by molar-refractivity contribution is -0.139. The van der Waals surface area contributed by atoms with Crippen LogP contribution in [0.5, 0.6) is 17.2 Å². The summed E-state index contributed by atoms with van der Waals surface area (Å²) in [6, 6.07) is 5.08. The highest BCUT2D eigenvalue weighted by Gasteiger charge is 2.48. The molecule has 2 aliphatic carbocycles. The van der Waals surface area contributed by atoms with E-state index in [0.717, 1.165) is 25.7 Å². The fraction of sp³-hybridized carbons (Fsp3) is 0.591. The monoisotopic (exact) mass is 404 g/mol. The molecule has 1 aromatic carbocycles. The molecule has 4 rings (SSSR count). The molecule has 0 aromatic heterocycles. The van der Waals surface area contributed by atoms with Gasteiger partial charge in [0.25, 0.3) is 0 Å². The maximum atomic E-state index is 10.8. The Bertz CT molecular complexity index is 756. The Morgan fingerprint density at radius 2 is 2.03 bits per heavy atom. The molecule has 1 heterocycles. The first-order valence-corrected chi connectivity index (χ1v) is 10.4. The normalized spacial score (nSPS) is 30.1. The molecule has 158 valence electrons. The van der Waals surface area contributed by atoms with E-state index in [1.807, 2.05) is 6.08 Å². The number of rotatable bonds is 6. The van der Waals surface area contributed by atoms with Gasteiger partial charge in [0.15, 0.2) is 18.1 Å². The van der Waals surface area contributed by atoms with Gasteiger partial charge in [-0.1, -0.05) is 37.5 Å². The van der Waals surface area contributed by atoms with Crippen molar-refractivity contribution in [3.8, 4) is 17.2 Å². The average molecular weight is 404 g/mol. The standard InChI is InChI=1S/C22H28O7/c23-15(13-5-2-1-3-6-13)10-9-14-16(24)11-19-21(14)28-18-8-4-7-17(22(18)29-19)27-12-20(25)26/h4,7-10,13-16,19,21,23-24H,1-3,5-6,11-12H2,(H,25,26). The minimum absolute atomic E-state index is 0.282. The van der Waals surface area contributed by atoms with Crippen LogP contribution in [0.4, 0.5) is 0 Å². The van der Waals surface area contributed by atoms with Crippen molar-refractivity contribution < 1.29 is 34.3 Å². The number of hydrogen-bond donors (Lipinski definition) is 3. The van der Waals surface area contributed by atoms with Gasteiger partial charge in [0.2, 0.25) is 5.75 Å². The van der Waals surface area contributed by atoms with Gasteiger partial charge >= 0.3 is 5.97 Å². The van der Waals surface area contributed by atoms with Crippen LogP contribution < -0.4 is 14.2 Å². The molecule has 1 aromatic rings. The maximum absolute atomic E-state index is 10.8. The van der Waals surface area contributed by atoms with Crippen molar-refractivity contribution in [3.63, 3.8) is 0 Å². The summed E-state index contributed by atoms with van der Waals surface area (Å²) in [4.78, 5) is 10.8. The van der Waals surface area contributed by atoms with Crippen LogP contribution in [0.3, 0.4) is 0 Å². The molecule has 1 aliphatic heterocycles. The second-order valence-electron chi connectivity index (χ2n) is 8.16. The number of aliphatic hydroxyl groups excluding tert-OH is 2. The lowest BCUT2D eigenvalue weighted by Crippen LogP contribution is -2.39. The topological polar surface area (TPSA) is 105 Å². The molecule has 0 spiro atoms. The molecule has 0 amide bonds. The second-order valence-corrected chi connectivity index (χ2v) is 8.16. The number of para-hydroxylation sites is 1. The number of carboxylic acid groups (broad SMARTS) is 1. The van der Waals surface area contributed by atoms with Crippen molar-refractivity contribution in [2.75, 3.05) is 6.61 Å². The molecule has 2 fully saturated rings. The Morgan fingerprint density at radius 1 is 1.24 bits per heavy atom. The van der Waals surface area contributed by atoms with Gasteiger partial charge in [0.05, 0.1) is 12.2 Å². The Hall–Kier alpha value is -2.25. The van der Waals surface area contributed by atoms with Crippen LogP contribution in [0.1, 0.15) is 38.5 Å². The van der Waals surface area contributed by atoms with E-state index in [1.54, 1.807) is 24.3 Å². The van der Waals surface area contributed by atoms with Crippen molar-refractivity contribution in [1.82, 2.24) is 0 Å². The Kier molecular flexibility index (Phi) is 5.96. The van der Waals surface area contributed by atoms with Gasteiger partial charge in [0, 0.05) is 12.3 Å². The zero-order valence-electron chi connectivity index (χ0n) is 16.3. The van der Waals surface area contributed by atoms with Crippen molar-refractivity contribution in [1.29, 1.82) is 0 Å². The third-order valence-electron chi connectivity index (χ3n) is 6.15. The smallest absolute Gasteiger partial charge is 0.341 e. The molecule has 0 bridgehead atoms. The summed E-state index contributed by atoms with van der Waals surface area (Å²) in [5, 5.41) is 29.9. The maximum Gasteiger partial charge on any atom is 0.341 e. The lowest BCUT2D eigenvalue weighted by atomic mass is 9.84. The molecule has 7 nitrogen and oxygen atoms in total. The third-order valence-corrected chi connectivity index (χ3v) is 6.15. The van der Waals surface area contributed by atoms with Gasteiger partial charge in [-0.25, -0.2) is 4.79 Å². The summed E-state index contributed by atoms with van der Waals surface area (Å²) in [5.41, 5.74) is 0. The number of aliphatic carboxylic acids is 1. The zero-order valence-corrected chi connectivity index (χ0v) is 16.3. The summed E-state index contributed by atoms with van der Waals surface area (Å²) in [5.74, 6) is 0.0748. The molecule has 3 N–H and O–H groups in total. The molecule has 3 aliphatic rings. The average Bonchev–Trinajstić information content (AvgIpc) is 3.03. The Labute approximate surface area is 169 Å². The van der Waals surface area contributed by atoms with E-state index in [-0.39, 0.29) is 24.0 Å². The predicted molar refractivity (Wildman–Crippen MR) is 104 cm³/mol. The van der Waals surface area contributed by atoms with E-state index in [4.69, 9.17) is 19.3 Å². The van der Waals surface area contributed by atoms with Gasteiger partial charge in [-0.05, 0) is 30.9 Å². The Morgan fingerprint density at radius 3 is 2.79 bits per heavy atom. The van der Waals surface area contributed by atoms with E-state index in [1.165, 1.54) is 6.42 Å². The van der Waals surface area contributed by atoms with E-state index < -0.39 is 24.8 Å². The van der Waals surface area contributed by atoms with Crippen LogP contribution in [0.2, 0.25) is 0 Å². The van der Waals surface area contributed by atoms with Crippen LogP contribution in [0.15, 0.2) is 30.4 Å². The fourth-order valence-electron chi connectivity index (χ4n) is 4.63. The number of carbonyl (C=O) groups is 1. The van der Waals surface area contributed by atoms with Crippen molar-refractivity contribution in [2.45, 2.75) is 62.9 Å². The predicted octanol–water partition coefficient (Wildman–Crippen LogP) is 2.54. The molecule has 5 atom stereocenters. The molecule has 5 unspecified atom stereocenters. The van der Waals surface area contributed by atoms with E-state index in [0.29, 0.717) is 23.7 Å². The van der Waals surface area contributed by atoms with E-state index >= 15 is 0 Å². The van der Waals surface area contributed by atoms with Crippen LogP contribution in [0.25, 0.3) is 0 Å². The van der Waals surface area contributed by atoms with Gasteiger partial charge < -0.3 is 29.5 Å². The number of hydrogen-bond acceptors (Lipinski definition) is 6. The number of carboxylic acids is 1. The number of fused-ring (bicyclic) bond motifs is 2. The summed E-state index contributed by atoms with van der Waals surface area (Å²) in [6.45, 7) is -0.471. The first-order chi connectivity index (χ1) is 14.0. The molecular weight excluding hydrogens is 376 g/mol. The number of benzene rings is 1. The van der Waals surface area contributed by atoms with Crippen molar-refractivity contribution in [3.05, 3.63) is 30.4 Å². The van der Waals surface area contributed by atoms with Crippen LogP contribution in [-0.2, 0) is 4.79 Å². The highest BCUT2D eigenvalue weighted by molar-refractivity contribution is 5.68. The quantitative estimate of drug-likeness (QED) is 0.626. The van der Waals surface area contributed by atoms with Gasteiger partial charge in [-0.2, -0.15) is 0 Å². The van der Waals surface area contributed by atoms with Crippen LogP contribution in [0, 0.1) is 11.8 Å². The third kappa shape index (κ3) is 4.36. The zero-order chi connectivity index (χ0) is 20.4. The first kappa shape index (κ1) is 20.0. The highest BCUT2D eigenvalue weighted by atomic mass is 16.6. The molecule has 29 heavy (non-hydrogen) atoms. The molecule has 2 saturated carbocycles. The summed E-state index contributed by atoms with van der Waals surface area (Å²) < 4.78 is 17.5. The number of ether oxygens (including phenoxy) is 3. The van der Waals surface area contributed by atoms with Gasteiger partial charge in [-0.3, -0.25) is 0 Å². The fourth-order valence-corrected chi connectivity index (χ4v) is 4.63. The minimum Gasteiger partial charge on any atom is -0.482 e. The van der Waals surface area contributed by atoms with Gasteiger partial charge in [-0.15, -0.1) is 0 Å². The summed E-state index contributed by atoms with van der Waals surface area (Å²) in [7, 11) is 0. The van der Waals surface area contributed by atoms with Crippen molar-refractivity contribution >= 4 is 5.97 Å². The van der Waals surface area contributed by atoms with Crippen LogP contribution in [-0.4, -0.2) is 52.3 Å². The Balaban J connectivity index is 1.47. The molecule has 7 heteroatoms. The lowest BCUT2D eigenvalue weighted by Gasteiger charge is -2.32. The summed E-state index contributed by atoms with van der Waals surface area (Å²) in [6.07, 6.45) is 7.81. The van der Waals surface area contributed by atoms with E-state index in [9.17, 15) is 15.0 Å². The van der Waals surface area contributed by atoms with E-state index in [2.05, 4.69) is 0 Å². The largest absolute Gasteiger partial charge is 0.482 e. The van der Waals surface area contributed by atoms with Gasteiger partial charge in [0.1, 0.15) is 12.2 Å². The SMILES string of the molecule is O=C(O)COc1cccc2c1OC1CC(O)C(C=CC(O)C3CCCCC3)C1O2. The number of aliphatic hydroxyl groups is 2. The second kappa shape index (κ2) is 8.63.